The molecule has 0 aliphatic heterocycles. The van der Waals surface area contributed by atoms with Gasteiger partial charge in [-0.2, -0.15) is 13.2 Å². The number of hydrogen-bond acceptors (Lipinski definition) is 2. The van der Waals surface area contributed by atoms with Crippen molar-refractivity contribution in [2.24, 2.45) is 0 Å². The van der Waals surface area contributed by atoms with Crippen molar-refractivity contribution < 1.29 is 27.5 Å². The minimum absolute atomic E-state index is 0.167. The highest BCUT2D eigenvalue weighted by molar-refractivity contribution is 5.89. The monoisotopic (exact) mass is 356 g/mol. The SMILES string of the molecule is CN(C(=O)Nc1ccc(C(F)(F)F)cc1)[C@H](CO)c1cccc(F)c1. The number of rotatable bonds is 4. The number of carbonyl (C=O) groups is 1. The van der Waals surface area contributed by atoms with Crippen LogP contribution >= 0.6 is 0 Å². The molecule has 2 rings (SSSR count). The zero-order valence-corrected chi connectivity index (χ0v) is 13.2. The minimum Gasteiger partial charge on any atom is -0.394 e. The molecular weight excluding hydrogens is 340 g/mol. The van der Waals surface area contributed by atoms with Crippen LogP contribution < -0.4 is 5.32 Å². The van der Waals surface area contributed by atoms with Crippen LogP contribution in [-0.4, -0.2) is 29.7 Å². The molecular formula is C17H16F4N2O2. The predicted octanol–water partition coefficient (Wildman–Crippen LogP) is 4.04. The Morgan fingerprint density at radius 2 is 1.84 bits per heavy atom. The van der Waals surface area contributed by atoms with E-state index in [1.807, 2.05) is 0 Å². The molecule has 0 aromatic heterocycles. The molecule has 134 valence electrons. The van der Waals surface area contributed by atoms with Gasteiger partial charge in [0.25, 0.3) is 0 Å². The fourth-order valence-electron chi connectivity index (χ4n) is 2.26. The van der Waals surface area contributed by atoms with Crippen LogP contribution in [-0.2, 0) is 6.18 Å². The lowest BCUT2D eigenvalue weighted by atomic mass is 10.1. The Kier molecular flexibility index (Phi) is 5.63. The van der Waals surface area contributed by atoms with Crippen molar-refractivity contribution in [1.29, 1.82) is 0 Å². The van der Waals surface area contributed by atoms with Crippen LogP contribution in [0.5, 0.6) is 0 Å². The number of halogens is 4. The number of urea groups is 1. The lowest BCUT2D eigenvalue weighted by Gasteiger charge is -2.27. The topological polar surface area (TPSA) is 52.6 Å². The summed E-state index contributed by atoms with van der Waals surface area (Å²) in [6, 6.07) is 7.96. The molecule has 0 radical (unpaired) electrons. The molecule has 1 atom stereocenters. The molecule has 0 saturated heterocycles. The van der Waals surface area contributed by atoms with E-state index in [0.29, 0.717) is 5.56 Å². The molecule has 0 saturated carbocycles. The van der Waals surface area contributed by atoms with Crippen molar-refractivity contribution in [2.75, 3.05) is 19.0 Å². The second kappa shape index (κ2) is 7.52. The largest absolute Gasteiger partial charge is 0.416 e. The van der Waals surface area contributed by atoms with Gasteiger partial charge in [0.1, 0.15) is 5.82 Å². The third-order valence-corrected chi connectivity index (χ3v) is 3.66. The Hall–Kier alpha value is -2.61. The number of nitrogens with zero attached hydrogens (tertiary/aromatic N) is 1. The Labute approximate surface area is 141 Å². The van der Waals surface area contributed by atoms with Crippen LogP contribution in [0.15, 0.2) is 48.5 Å². The molecule has 2 aromatic carbocycles. The smallest absolute Gasteiger partial charge is 0.394 e. The van der Waals surface area contributed by atoms with E-state index in [2.05, 4.69) is 5.32 Å². The van der Waals surface area contributed by atoms with Crippen molar-refractivity contribution in [1.82, 2.24) is 4.90 Å². The van der Waals surface area contributed by atoms with Gasteiger partial charge in [-0.15, -0.1) is 0 Å². The van der Waals surface area contributed by atoms with E-state index in [9.17, 15) is 27.5 Å². The van der Waals surface area contributed by atoms with Gasteiger partial charge in [0.05, 0.1) is 18.2 Å². The van der Waals surface area contributed by atoms with E-state index >= 15 is 0 Å². The summed E-state index contributed by atoms with van der Waals surface area (Å²) in [4.78, 5) is 13.4. The number of benzene rings is 2. The number of aliphatic hydroxyl groups is 1. The molecule has 2 amide bonds. The van der Waals surface area contributed by atoms with Crippen LogP contribution in [0.25, 0.3) is 0 Å². The lowest BCUT2D eigenvalue weighted by molar-refractivity contribution is -0.137. The zero-order chi connectivity index (χ0) is 18.6. The van der Waals surface area contributed by atoms with Gasteiger partial charge < -0.3 is 15.3 Å². The Morgan fingerprint density at radius 1 is 1.20 bits per heavy atom. The maximum absolute atomic E-state index is 13.3. The van der Waals surface area contributed by atoms with Gasteiger partial charge in [-0.1, -0.05) is 12.1 Å². The van der Waals surface area contributed by atoms with Crippen LogP contribution in [0, 0.1) is 5.82 Å². The molecule has 0 bridgehead atoms. The molecule has 0 spiro atoms. The van der Waals surface area contributed by atoms with Crippen LogP contribution in [0.4, 0.5) is 28.0 Å². The molecule has 2 aromatic rings. The summed E-state index contributed by atoms with van der Waals surface area (Å²) < 4.78 is 50.9. The van der Waals surface area contributed by atoms with E-state index < -0.39 is 36.2 Å². The third kappa shape index (κ3) is 4.69. The van der Waals surface area contributed by atoms with E-state index in [1.165, 1.54) is 25.2 Å². The summed E-state index contributed by atoms with van der Waals surface area (Å²) >= 11 is 0. The van der Waals surface area contributed by atoms with Gasteiger partial charge in [-0.25, -0.2) is 9.18 Å². The molecule has 4 nitrogen and oxygen atoms in total. The molecule has 0 aliphatic rings. The van der Waals surface area contributed by atoms with Gasteiger partial charge in [0.2, 0.25) is 0 Å². The van der Waals surface area contributed by atoms with Gasteiger partial charge in [0.15, 0.2) is 0 Å². The first-order chi connectivity index (χ1) is 11.7. The molecule has 0 unspecified atom stereocenters. The summed E-state index contributed by atoms with van der Waals surface area (Å²) in [7, 11) is 1.39. The summed E-state index contributed by atoms with van der Waals surface area (Å²) in [5.41, 5.74) is -0.264. The van der Waals surface area contributed by atoms with E-state index in [1.54, 1.807) is 6.07 Å². The summed E-state index contributed by atoms with van der Waals surface area (Å²) in [6.45, 7) is -0.444. The fourth-order valence-corrected chi connectivity index (χ4v) is 2.26. The average molecular weight is 356 g/mol. The average Bonchev–Trinajstić information content (AvgIpc) is 2.55. The first-order valence-corrected chi connectivity index (χ1v) is 7.29. The minimum atomic E-state index is -4.46. The number of alkyl halides is 3. The third-order valence-electron chi connectivity index (χ3n) is 3.66. The number of nitrogens with one attached hydrogen (secondary N) is 1. The van der Waals surface area contributed by atoms with Gasteiger partial charge in [-0.3, -0.25) is 0 Å². The molecule has 25 heavy (non-hydrogen) atoms. The van der Waals surface area contributed by atoms with Crippen molar-refractivity contribution in [3.8, 4) is 0 Å². The van der Waals surface area contributed by atoms with E-state index in [0.717, 1.165) is 29.2 Å². The number of carbonyl (C=O) groups excluding carboxylic acids is 1. The molecule has 0 fully saturated rings. The first kappa shape index (κ1) is 18.7. The first-order valence-electron chi connectivity index (χ1n) is 7.29. The highest BCUT2D eigenvalue weighted by atomic mass is 19.4. The maximum atomic E-state index is 13.3. The van der Waals surface area contributed by atoms with Crippen molar-refractivity contribution in [3.63, 3.8) is 0 Å². The van der Waals surface area contributed by atoms with Gasteiger partial charge in [0, 0.05) is 12.7 Å². The Morgan fingerprint density at radius 3 is 2.36 bits per heavy atom. The second-order valence-electron chi connectivity index (χ2n) is 5.37. The molecule has 8 heteroatoms. The highest BCUT2D eigenvalue weighted by Crippen LogP contribution is 2.30. The Bertz CT molecular complexity index is 732. The van der Waals surface area contributed by atoms with Crippen LogP contribution in [0.2, 0.25) is 0 Å². The summed E-state index contributed by atoms with van der Waals surface area (Å²) in [5.74, 6) is -0.507. The van der Waals surface area contributed by atoms with Crippen LogP contribution in [0.3, 0.4) is 0 Å². The number of likely N-dealkylation sites (N-methyl/N-ethyl adjacent to an activating group) is 1. The van der Waals surface area contributed by atoms with Crippen LogP contribution in [0.1, 0.15) is 17.2 Å². The standard InChI is InChI=1S/C17H16F4N2O2/c1-23(15(10-24)11-3-2-4-13(18)9-11)16(25)22-14-7-5-12(6-8-14)17(19,20)21/h2-9,15,24H,10H2,1H3,(H,22,25)/t15-/m1/s1. The maximum Gasteiger partial charge on any atom is 0.416 e. The van der Waals surface area contributed by atoms with Gasteiger partial charge in [-0.05, 0) is 42.0 Å². The van der Waals surface area contributed by atoms with E-state index in [-0.39, 0.29) is 5.69 Å². The highest BCUT2D eigenvalue weighted by Gasteiger charge is 2.30. The van der Waals surface area contributed by atoms with Crippen molar-refractivity contribution in [2.45, 2.75) is 12.2 Å². The number of anilines is 1. The summed E-state index contributed by atoms with van der Waals surface area (Å²) in [5, 5.41) is 11.9. The van der Waals surface area contributed by atoms with Gasteiger partial charge >= 0.3 is 12.2 Å². The Balaban J connectivity index is 2.11. The quantitative estimate of drug-likeness (QED) is 0.813. The number of amides is 2. The molecule has 0 heterocycles. The van der Waals surface area contributed by atoms with E-state index in [4.69, 9.17) is 0 Å². The lowest BCUT2D eigenvalue weighted by Crippen LogP contribution is -2.36. The summed E-state index contributed by atoms with van der Waals surface area (Å²) in [6.07, 6.45) is -4.46. The molecule has 0 aliphatic carbocycles. The number of hydrogen-bond donors (Lipinski definition) is 2. The zero-order valence-electron chi connectivity index (χ0n) is 13.2. The second-order valence-corrected chi connectivity index (χ2v) is 5.37. The normalized spacial score (nSPS) is 12.6. The number of aliphatic hydroxyl groups excluding tert-OH is 1. The fraction of sp³-hybridized carbons (Fsp3) is 0.235. The van der Waals surface area contributed by atoms with Crippen molar-refractivity contribution in [3.05, 3.63) is 65.5 Å². The predicted molar refractivity (Wildman–Crippen MR) is 84.5 cm³/mol. The molecule has 2 N–H and O–H groups in total. The van der Waals surface area contributed by atoms with Crippen molar-refractivity contribution >= 4 is 11.7 Å².